The third-order valence-corrected chi connectivity index (χ3v) is 10.9. The maximum absolute atomic E-state index is 13.1. The summed E-state index contributed by atoms with van der Waals surface area (Å²) in [6.45, 7) is 5.21. The third kappa shape index (κ3) is 21.9. The molecule has 354 valence electrons. The molecule has 2 fully saturated rings. The number of aliphatic carboxylic acids is 3. The van der Waals surface area contributed by atoms with E-state index in [1.54, 1.807) is 33.4 Å². The normalized spacial score (nSPS) is 18.3. The Labute approximate surface area is 367 Å². The second-order valence-electron chi connectivity index (χ2n) is 16.4. The van der Waals surface area contributed by atoms with Crippen LogP contribution >= 0.6 is 0 Å². The highest BCUT2D eigenvalue weighted by Gasteiger charge is 2.39. The molecule has 0 radical (unpaired) electrons. The smallest absolute Gasteiger partial charge is 0.475 e. The maximum Gasteiger partial charge on any atom is 0.475 e. The molecule has 0 aliphatic carbocycles. The van der Waals surface area contributed by atoms with E-state index in [1.807, 2.05) is 0 Å². The van der Waals surface area contributed by atoms with Crippen molar-refractivity contribution in [3.63, 3.8) is 0 Å². The van der Waals surface area contributed by atoms with Crippen molar-refractivity contribution < 1.29 is 73.3 Å². The van der Waals surface area contributed by atoms with E-state index < -0.39 is 91.2 Å². The average Bonchev–Trinajstić information content (AvgIpc) is 3.70. The predicted molar refractivity (Wildman–Crippen MR) is 224 cm³/mol. The molecule has 0 spiro atoms. The number of hydrogen-bond donors (Lipinski definition) is 8. The SMILES string of the molecule is CC(C)[C@H](CC(=O)CNC(=O)CCC(=O)CNC(=O)CCC(=O)CN1CCN(CC(=O)O)CCN(CC(=O)O)CCN(CC(=O)O)CC1)C(=O)N[C@H](C)C(=O)N1CCC[C@H]1B(O)O. The number of carbonyl (C=O) groups excluding carboxylic acids is 7. The van der Waals surface area contributed by atoms with Crippen LogP contribution in [-0.2, 0) is 47.9 Å². The van der Waals surface area contributed by atoms with E-state index in [9.17, 15) is 73.3 Å². The van der Waals surface area contributed by atoms with Crippen LogP contribution in [0.4, 0.5) is 0 Å². The molecule has 4 amide bonds. The summed E-state index contributed by atoms with van der Waals surface area (Å²) >= 11 is 0. The summed E-state index contributed by atoms with van der Waals surface area (Å²) in [6.07, 6.45) is -0.180. The number of carbonyl (C=O) groups is 10. The lowest BCUT2D eigenvalue weighted by molar-refractivity contribution is -0.140. The van der Waals surface area contributed by atoms with Crippen LogP contribution < -0.4 is 16.0 Å². The lowest BCUT2D eigenvalue weighted by Crippen LogP contribution is -2.53. The lowest BCUT2D eigenvalue weighted by atomic mass is 9.78. The molecule has 0 aromatic rings. The van der Waals surface area contributed by atoms with Crippen molar-refractivity contribution in [2.24, 2.45) is 11.8 Å². The monoisotopic (exact) mass is 896 g/mol. The van der Waals surface area contributed by atoms with Crippen LogP contribution in [0.2, 0.25) is 0 Å². The first kappa shape index (κ1) is 54.3. The largest absolute Gasteiger partial charge is 0.480 e. The van der Waals surface area contributed by atoms with Gasteiger partial charge in [0.2, 0.25) is 23.6 Å². The van der Waals surface area contributed by atoms with Crippen LogP contribution in [0, 0.1) is 11.8 Å². The zero-order chi connectivity index (χ0) is 47.2. The van der Waals surface area contributed by atoms with Crippen LogP contribution in [0.1, 0.15) is 65.7 Å². The van der Waals surface area contributed by atoms with Gasteiger partial charge in [-0.2, -0.15) is 0 Å². The number of rotatable bonds is 25. The maximum atomic E-state index is 13.1. The van der Waals surface area contributed by atoms with E-state index in [2.05, 4.69) is 16.0 Å². The first-order valence-electron chi connectivity index (χ1n) is 21.2. The Bertz CT molecular complexity index is 1590. The highest BCUT2D eigenvalue weighted by atomic mass is 16.4. The van der Waals surface area contributed by atoms with Crippen molar-refractivity contribution in [2.45, 2.75) is 77.7 Å². The minimum atomic E-state index is -1.71. The van der Waals surface area contributed by atoms with Gasteiger partial charge < -0.3 is 46.2 Å². The molecule has 3 atom stereocenters. The van der Waals surface area contributed by atoms with Crippen LogP contribution in [0.15, 0.2) is 0 Å². The number of nitrogens with zero attached hydrogens (tertiary/aromatic N) is 5. The molecular weight excluding hydrogens is 831 g/mol. The van der Waals surface area contributed by atoms with Crippen molar-refractivity contribution in [2.75, 3.05) is 98.2 Å². The van der Waals surface area contributed by atoms with Crippen molar-refractivity contribution in [1.82, 2.24) is 40.4 Å². The van der Waals surface area contributed by atoms with E-state index in [4.69, 9.17) is 0 Å². The second kappa shape index (κ2) is 28.0. The molecule has 0 saturated carbocycles. The van der Waals surface area contributed by atoms with Crippen molar-refractivity contribution in [1.29, 1.82) is 0 Å². The van der Waals surface area contributed by atoms with E-state index in [0.29, 0.717) is 19.4 Å². The second-order valence-corrected chi connectivity index (χ2v) is 16.4. The summed E-state index contributed by atoms with van der Waals surface area (Å²) in [5.74, 6) is -8.60. The minimum Gasteiger partial charge on any atom is -0.480 e. The molecule has 0 aromatic carbocycles. The van der Waals surface area contributed by atoms with Gasteiger partial charge in [-0.1, -0.05) is 13.8 Å². The average molecular weight is 897 g/mol. The van der Waals surface area contributed by atoms with Crippen LogP contribution in [0.5, 0.6) is 0 Å². The highest BCUT2D eigenvalue weighted by molar-refractivity contribution is 6.43. The van der Waals surface area contributed by atoms with Gasteiger partial charge in [-0.25, -0.2) is 0 Å². The van der Waals surface area contributed by atoms with Gasteiger partial charge in [0.15, 0.2) is 11.6 Å². The molecule has 0 aromatic heterocycles. The molecule has 8 N–H and O–H groups in total. The quantitative estimate of drug-likeness (QED) is 0.0407. The van der Waals surface area contributed by atoms with Crippen molar-refractivity contribution in [3.8, 4) is 0 Å². The standard InChI is InChI=1S/C39H65BN8O15/c1-26(2)31(38(60)43-27(3)39(61)48-10-4-5-32(48)40(62)63)19-30(51)21-42-33(52)8-6-28(49)20-41-34(53)9-7-29(50)22-44-11-13-45(23-35(54)55)15-17-47(25-37(58)59)18-16-46(14-12-44)24-36(56)57/h26-27,31-32,62-63H,4-25H2,1-3H3,(H,41,53)(H,42,52)(H,43,60)(H,54,55)(H,56,57)(H,58,59)/t27-,31+,32+/m1/s1. The summed E-state index contributed by atoms with van der Waals surface area (Å²) in [7, 11) is -1.71. The summed E-state index contributed by atoms with van der Waals surface area (Å²) in [6, 6.07) is -0.978. The predicted octanol–water partition coefficient (Wildman–Crippen LogP) is -3.87. The number of carboxylic acid groups (broad SMARTS) is 3. The number of nitrogens with one attached hydrogen (secondary N) is 3. The minimum absolute atomic E-state index is 0.111. The topological polar surface area (TPSA) is 324 Å². The number of ketones is 3. The molecule has 2 saturated heterocycles. The number of carboxylic acids is 3. The van der Waals surface area contributed by atoms with Gasteiger partial charge in [0, 0.05) is 96.9 Å². The van der Waals surface area contributed by atoms with Gasteiger partial charge in [0.1, 0.15) is 11.8 Å². The molecular formula is C39H65BN8O15. The fraction of sp³-hybridized carbons (Fsp3) is 0.744. The number of hydrogen-bond acceptors (Lipinski definition) is 16. The third-order valence-electron chi connectivity index (χ3n) is 10.9. The van der Waals surface area contributed by atoms with E-state index in [0.717, 1.165) is 0 Å². The Balaban J connectivity index is 1.78. The van der Waals surface area contributed by atoms with Crippen LogP contribution in [-0.4, -0.2) is 226 Å². The van der Waals surface area contributed by atoms with Crippen LogP contribution in [0.25, 0.3) is 0 Å². The Morgan fingerprint density at radius 2 is 0.984 bits per heavy atom. The molecule has 2 rings (SSSR count). The van der Waals surface area contributed by atoms with Gasteiger partial charge >= 0.3 is 25.0 Å². The van der Waals surface area contributed by atoms with E-state index in [1.165, 1.54) is 11.8 Å². The number of amides is 4. The van der Waals surface area contributed by atoms with Crippen molar-refractivity contribution in [3.05, 3.63) is 0 Å². The number of likely N-dealkylation sites (tertiary alicyclic amines) is 1. The first-order chi connectivity index (χ1) is 29.6. The van der Waals surface area contributed by atoms with Gasteiger partial charge in [0.25, 0.3) is 0 Å². The molecule has 24 heteroatoms. The summed E-state index contributed by atoms with van der Waals surface area (Å²) < 4.78 is 0. The molecule has 0 unspecified atom stereocenters. The van der Waals surface area contributed by atoms with Gasteiger partial charge in [0.05, 0.1) is 45.2 Å². The fourth-order valence-corrected chi connectivity index (χ4v) is 7.23. The van der Waals surface area contributed by atoms with E-state index >= 15 is 0 Å². The Morgan fingerprint density at radius 1 is 0.571 bits per heavy atom. The van der Waals surface area contributed by atoms with Crippen LogP contribution in [0.3, 0.4) is 0 Å². The van der Waals surface area contributed by atoms with Gasteiger partial charge in [-0.3, -0.25) is 67.5 Å². The fourth-order valence-electron chi connectivity index (χ4n) is 7.23. The first-order valence-corrected chi connectivity index (χ1v) is 21.2. The van der Waals surface area contributed by atoms with Gasteiger partial charge in [-0.15, -0.1) is 0 Å². The zero-order valence-corrected chi connectivity index (χ0v) is 36.5. The molecule has 23 nitrogen and oxygen atoms in total. The molecule has 2 aliphatic rings. The number of Topliss-reactive ketones (excluding diaryl/α,β-unsaturated/α-hetero) is 3. The Morgan fingerprint density at radius 3 is 1.40 bits per heavy atom. The molecule has 63 heavy (non-hydrogen) atoms. The zero-order valence-electron chi connectivity index (χ0n) is 36.5. The highest BCUT2D eigenvalue weighted by Crippen LogP contribution is 2.20. The molecule has 2 heterocycles. The molecule has 2 aliphatic heterocycles. The van der Waals surface area contributed by atoms with Gasteiger partial charge in [-0.05, 0) is 25.7 Å². The molecule has 0 bridgehead atoms. The van der Waals surface area contributed by atoms with E-state index in [-0.39, 0.29) is 122 Å². The summed E-state index contributed by atoms with van der Waals surface area (Å²) in [5.41, 5.74) is 0. The lowest BCUT2D eigenvalue weighted by Gasteiger charge is -2.32. The Hall–Kier alpha value is -4.88. The van der Waals surface area contributed by atoms with Crippen molar-refractivity contribution >= 4 is 66.0 Å². The summed E-state index contributed by atoms with van der Waals surface area (Å²) in [4.78, 5) is 131. The Kier molecular flexibility index (Phi) is 24.1. The summed E-state index contributed by atoms with van der Waals surface area (Å²) in [5, 5.41) is 54.8.